The van der Waals surface area contributed by atoms with Crippen LogP contribution in [-0.2, 0) is 0 Å². The fourth-order valence-corrected chi connectivity index (χ4v) is 6.62. The Bertz CT molecular complexity index is 2340. The minimum atomic E-state index is 0.918. The standard InChI is InChI=1S/C40H24O/c1-2-7-32-25(6-1)12-16-30-24-29(18-19-33(30)32)26-13-14-28-23-31(17-15-27(28)22-26)34-20-21-39-40-36(34)9-5-10-37(40)35-8-3-4-11-38(35)41-39/h1-24H. The summed E-state index contributed by atoms with van der Waals surface area (Å²) in [6, 6.07) is 52.7. The first-order valence-corrected chi connectivity index (χ1v) is 14.1. The zero-order valence-electron chi connectivity index (χ0n) is 22.3. The molecule has 8 aromatic carbocycles. The maximum Gasteiger partial charge on any atom is 0.135 e. The van der Waals surface area contributed by atoms with Gasteiger partial charge in [0.15, 0.2) is 0 Å². The molecule has 41 heavy (non-hydrogen) atoms. The van der Waals surface area contributed by atoms with E-state index in [1.54, 1.807) is 0 Å². The molecule has 0 saturated heterocycles. The van der Waals surface area contributed by atoms with Gasteiger partial charge in [-0.15, -0.1) is 0 Å². The molecule has 0 saturated carbocycles. The van der Waals surface area contributed by atoms with Gasteiger partial charge in [0, 0.05) is 10.9 Å². The predicted octanol–water partition coefficient (Wildman–Crippen LogP) is 11.4. The smallest absolute Gasteiger partial charge is 0.135 e. The van der Waals surface area contributed by atoms with Crippen molar-refractivity contribution in [3.63, 3.8) is 0 Å². The largest absolute Gasteiger partial charge is 0.456 e. The van der Waals surface area contributed by atoms with E-state index in [9.17, 15) is 0 Å². The average Bonchev–Trinajstić information content (AvgIpc) is 3.04. The van der Waals surface area contributed by atoms with Gasteiger partial charge >= 0.3 is 0 Å². The van der Waals surface area contributed by atoms with Crippen molar-refractivity contribution < 1.29 is 4.74 Å². The molecule has 0 atom stereocenters. The molecule has 1 aliphatic heterocycles. The summed E-state index contributed by atoms with van der Waals surface area (Å²) in [5, 5.41) is 10.0. The third-order valence-corrected chi connectivity index (χ3v) is 8.63. The molecule has 1 nitrogen and oxygen atoms in total. The van der Waals surface area contributed by atoms with Gasteiger partial charge in [-0.1, -0.05) is 115 Å². The van der Waals surface area contributed by atoms with Crippen molar-refractivity contribution >= 4 is 43.1 Å². The Balaban J connectivity index is 1.14. The lowest BCUT2D eigenvalue weighted by Gasteiger charge is -2.22. The van der Waals surface area contributed by atoms with Gasteiger partial charge < -0.3 is 4.74 Å². The van der Waals surface area contributed by atoms with Crippen molar-refractivity contribution in [1.29, 1.82) is 0 Å². The summed E-state index contributed by atoms with van der Waals surface area (Å²) in [5.74, 6) is 1.84. The van der Waals surface area contributed by atoms with Crippen LogP contribution >= 0.6 is 0 Å². The Kier molecular flexibility index (Phi) is 4.67. The Hall–Kier alpha value is -5.40. The van der Waals surface area contributed by atoms with Crippen molar-refractivity contribution in [2.24, 2.45) is 0 Å². The third kappa shape index (κ3) is 3.43. The highest BCUT2D eigenvalue weighted by molar-refractivity contribution is 6.11. The van der Waals surface area contributed by atoms with Crippen LogP contribution in [0.15, 0.2) is 146 Å². The first-order valence-electron chi connectivity index (χ1n) is 14.1. The van der Waals surface area contributed by atoms with E-state index < -0.39 is 0 Å². The number of fused-ring (bicyclic) bond motifs is 6. The van der Waals surface area contributed by atoms with Gasteiger partial charge in [-0.2, -0.15) is 0 Å². The molecule has 9 rings (SSSR count). The van der Waals surface area contributed by atoms with Crippen LogP contribution in [0.4, 0.5) is 0 Å². The van der Waals surface area contributed by atoms with Gasteiger partial charge in [-0.05, 0) is 95.9 Å². The molecule has 0 aliphatic carbocycles. The molecule has 1 heteroatoms. The van der Waals surface area contributed by atoms with Gasteiger partial charge in [-0.3, -0.25) is 0 Å². The third-order valence-electron chi connectivity index (χ3n) is 8.63. The fourth-order valence-electron chi connectivity index (χ4n) is 6.62. The fraction of sp³-hybridized carbons (Fsp3) is 0. The Morgan fingerprint density at radius 1 is 0.317 bits per heavy atom. The Morgan fingerprint density at radius 3 is 1.88 bits per heavy atom. The van der Waals surface area contributed by atoms with E-state index in [1.165, 1.54) is 70.9 Å². The van der Waals surface area contributed by atoms with E-state index in [1.807, 2.05) is 12.1 Å². The van der Waals surface area contributed by atoms with Crippen LogP contribution in [0.3, 0.4) is 0 Å². The molecule has 8 aromatic rings. The number of hydrogen-bond acceptors (Lipinski definition) is 1. The van der Waals surface area contributed by atoms with Gasteiger partial charge in [0.2, 0.25) is 0 Å². The van der Waals surface area contributed by atoms with Crippen molar-refractivity contribution in [2.75, 3.05) is 0 Å². The van der Waals surface area contributed by atoms with Crippen molar-refractivity contribution in [3.05, 3.63) is 146 Å². The van der Waals surface area contributed by atoms with E-state index in [-0.39, 0.29) is 0 Å². The molecule has 1 aliphatic rings. The van der Waals surface area contributed by atoms with Gasteiger partial charge in [0.25, 0.3) is 0 Å². The molecule has 0 unspecified atom stereocenters. The topological polar surface area (TPSA) is 9.23 Å². The zero-order chi connectivity index (χ0) is 26.9. The molecule has 190 valence electrons. The van der Waals surface area contributed by atoms with Crippen LogP contribution in [0.2, 0.25) is 0 Å². The minimum Gasteiger partial charge on any atom is -0.456 e. The van der Waals surface area contributed by atoms with Crippen molar-refractivity contribution in [1.82, 2.24) is 0 Å². The minimum absolute atomic E-state index is 0.918. The van der Waals surface area contributed by atoms with Crippen LogP contribution in [0.5, 0.6) is 11.5 Å². The summed E-state index contributed by atoms with van der Waals surface area (Å²) < 4.78 is 6.31. The molecule has 0 spiro atoms. The van der Waals surface area contributed by atoms with E-state index in [0.29, 0.717) is 0 Å². The molecular weight excluding hydrogens is 496 g/mol. The van der Waals surface area contributed by atoms with Crippen LogP contribution in [0.1, 0.15) is 0 Å². The molecule has 0 fully saturated rings. The van der Waals surface area contributed by atoms with Crippen molar-refractivity contribution in [2.45, 2.75) is 0 Å². The highest BCUT2D eigenvalue weighted by Crippen LogP contribution is 2.48. The first-order chi connectivity index (χ1) is 20.3. The molecule has 0 bridgehead atoms. The average molecular weight is 521 g/mol. The summed E-state index contributed by atoms with van der Waals surface area (Å²) in [7, 11) is 0. The molecular formula is C40H24O. The maximum absolute atomic E-state index is 6.31. The van der Waals surface area contributed by atoms with Crippen LogP contribution in [0.25, 0.3) is 76.5 Å². The second-order valence-electron chi connectivity index (χ2n) is 10.9. The summed E-state index contributed by atoms with van der Waals surface area (Å²) in [6.45, 7) is 0. The van der Waals surface area contributed by atoms with E-state index in [4.69, 9.17) is 4.74 Å². The van der Waals surface area contributed by atoms with Gasteiger partial charge in [0.05, 0.1) is 0 Å². The summed E-state index contributed by atoms with van der Waals surface area (Å²) >= 11 is 0. The highest BCUT2D eigenvalue weighted by atomic mass is 16.5. The van der Waals surface area contributed by atoms with E-state index in [0.717, 1.165) is 17.1 Å². The lowest BCUT2D eigenvalue weighted by atomic mass is 9.90. The lowest BCUT2D eigenvalue weighted by Crippen LogP contribution is -1.97. The monoisotopic (exact) mass is 520 g/mol. The Labute approximate surface area is 237 Å². The van der Waals surface area contributed by atoms with E-state index >= 15 is 0 Å². The molecule has 0 radical (unpaired) electrons. The summed E-state index contributed by atoms with van der Waals surface area (Å²) in [4.78, 5) is 0. The summed E-state index contributed by atoms with van der Waals surface area (Å²) in [6.07, 6.45) is 0. The molecule has 1 heterocycles. The normalized spacial score (nSPS) is 12.1. The molecule has 0 amide bonds. The SMILES string of the molecule is c1ccc2c(c1)Oc1ccc(-c3ccc4cc(-c5ccc6c(ccc7ccccc76)c5)ccc4c3)c3cccc-2c13. The quantitative estimate of drug-likeness (QED) is 0.206. The van der Waals surface area contributed by atoms with Gasteiger partial charge in [-0.25, -0.2) is 0 Å². The summed E-state index contributed by atoms with van der Waals surface area (Å²) in [5.41, 5.74) is 7.29. The van der Waals surface area contributed by atoms with Crippen LogP contribution in [-0.4, -0.2) is 0 Å². The first kappa shape index (κ1) is 22.4. The zero-order valence-corrected chi connectivity index (χ0v) is 22.3. The number of hydrogen-bond donors (Lipinski definition) is 0. The lowest BCUT2D eigenvalue weighted by molar-refractivity contribution is 0.487. The Morgan fingerprint density at radius 2 is 0.951 bits per heavy atom. The second kappa shape index (κ2) is 8.55. The van der Waals surface area contributed by atoms with Gasteiger partial charge in [0.1, 0.15) is 11.5 Å². The number of rotatable bonds is 2. The van der Waals surface area contributed by atoms with Crippen molar-refractivity contribution in [3.8, 4) is 44.9 Å². The number of para-hydroxylation sites is 1. The molecule has 0 aromatic heterocycles. The van der Waals surface area contributed by atoms with Crippen LogP contribution in [0, 0.1) is 0 Å². The van der Waals surface area contributed by atoms with Crippen LogP contribution < -0.4 is 4.74 Å². The predicted molar refractivity (Wildman–Crippen MR) is 173 cm³/mol. The van der Waals surface area contributed by atoms with E-state index in [2.05, 4.69) is 133 Å². The molecule has 0 N–H and O–H groups in total. The highest BCUT2D eigenvalue weighted by Gasteiger charge is 2.21. The number of ether oxygens (including phenoxy) is 1. The second-order valence-corrected chi connectivity index (χ2v) is 10.9. The maximum atomic E-state index is 6.31. The number of benzene rings is 8.